The molecule has 8 heteroatoms. The molecule has 3 N–H and O–H groups in total. The fourth-order valence-corrected chi connectivity index (χ4v) is 4.33. The maximum absolute atomic E-state index is 12.7. The van der Waals surface area contributed by atoms with Gasteiger partial charge in [0.25, 0.3) is 0 Å². The number of benzene rings is 1. The van der Waals surface area contributed by atoms with Gasteiger partial charge in [0.15, 0.2) is 6.29 Å². The Hall–Kier alpha value is -2.87. The van der Waals surface area contributed by atoms with Crippen LogP contribution in [0.2, 0.25) is 0 Å². The molecule has 2 atom stereocenters. The van der Waals surface area contributed by atoms with Crippen LogP contribution in [-0.4, -0.2) is 40.7 Å². The predicted molar refractivity (Wildman–Crippen MR) is 128 cm³/mol. The molecule has 0 radical (unpaired) electrons. The van der Waals surface area contributed by atoms with Crippen molar-refractivity contribution in [3.05, 3.63) is 40.7 Å². The molecule has 1 aliphatic rings. The van der Waals surface area contributed by atoms with E-state index in [1.54, 1.807) is 0 Å². The second-order valence-corrected chi connectivity index (χ2v) is 8.56. The number of nitrogens with one attached hydrogen (secondary N) is 3. The van der Waals surface area contributed by atoms with Crippen molar-refractivity contribution in [3.8, 4) is 0 Å². The van der Waals surface area contributed by atoms with Crippen LogP contribution in [0, 0.1) is 20.8 Å². The molecule has 0 bridgehead atoms. The lowest BCUT2D eigenvalue weighted by atomic mass is 10.1. The number of hydrogen-bond donors (Lipinski definition) is 3. The van der Waals surface area contributed by atoms with Gasteiger partial charge in [0, 0.05) is 49.0 Å². The van der Waals surface area contributed by atoms with Crippen LogP contribution in [0.5, 0.6) is 0 Å². The van der Waals surface area contributed by atoms with E-state index >= 15 is 0 Å². The minimum absolute atomic E-state index is 0.0112. The van der Waals surface area contributed by atoms with E-state index in [1.807, 2.05) is 38.4 Å². The summed E-state index contributed by atoms with van der Waals surface area (Å²) in [7, 11) is 0. The molecule has 2 aromatic rings. The molecule has 174 valence electrons. The normalized spacial score (nSPS) is 18.4. The van der Waals surface area contributed by atoms with Gasteiger partial charge in [-0.05, 0) is 77.3 Å². The fourth-order valence-electron chi connectivity index (χ4n) is 4.33. The Labute approximate surface area is 190 Å². The Morgan fingerprint density at radius 3 is 2.59 bits per heavy atom. The summed E-state index contributed by atoms with van der Waals surface area (Å²) in [6.07, 6.45) is 1.05. The molecule has 2 unspecified atom stereocenters. The number of carbonyl (C=O) groups excluding carboxylic acids is 2. The van der Waals surface area contributed by atoms with E-state index < -0.39 is 0 Å². The van der Waals surface area contributed by atoms with Gasteiger partial charge in [0.05, 0.1) is 5.69 Å². The van der Waals surface area contributed by atoms with Crippen molar-refractivity contribution >= 4 is 23.2 Å². The highest BCUT2D eigenvalue weighted by Crippen LogP contribution is 2.24. The minimum atomic E-state index is -0.362. The first kappa shape index (κ1) is 23.8. The molecule has 0 aliphatic carbocycles. The molecule has 2 amide bonds. The molecule has 0 spiro atoms. The maximum atomic E-state index is 12.7. The average molecular weight is 441 g/mol. The highest BCUT2D eigenvalue weighted by atomic mass is 16.2. The van der Waals surface area contributed by atoms with Crippen molar-refractivity contribution < 1.29 is 9.59 Å². The Morgan fingerprint density at radius 2 is 1.97 bits per heavy atom. The SMILES string of the molecule is CCN(CC)c1ccc(NC(=O)CCc2c(C)nn(C3NC(=O)CC(C)N3)c2C)c(C)c1. The summed E-state index contributed by atoms with van der Waals surface area (Å²) < 4.78 is 1.81. The van der Waals surface area contributed by atoms with Gasteiger partial charge in [-0.2, -0.15) is 5.10 Å². The first-order valence-corrected chi connectivity index (χ1v) is 11.5. The third-order valence-corrected chi connectivity index (χ3v) is 6.17. The van der Waals surface area contributed by atoms with Gasteiger partial charge in [0.2, 0.25) is 11.8 Å². The van der Waals surface area contributed by atoms with Gasteiger partial charge in [-0.25, -0.2) is 4.68 Å². The second-order valence-electron chi connectivity index (χ2n) is 8.56. The van der Waals surface area contributed by atoms with E-state index in [4.69, 9.17) is 0 Å². The number of aryl methyl sites for hydroxylation is 2. The van der Waals surface area contributed by atoms with Crippen LogP contribution in [0.25, 0.3) is 0 Å². The van der Waals surface area contributed by atoms with Gasteiger partial charge < -0.3 is 15.5 Å². The highest BCUT2D eigenvalue weighted by Gasteiger charge is 2.27. The molecule has 3 rings (SSSR count). The Kier molecular flexibility index (Phi) is 7.56. The van der Waals surface area contributed by atoms with Crippen molar-refractivity contribution in [2.75, 3.05) is 23.3 Å². The average Bonchev–Trinajstić information content (AvgIpc) is 3.02. The van der Waals surface area contributed by atoms with Crippen LogP contribution < -0.4 is 20.9 Å². The van der Waals surface area contributed by atoms with E-state index in [0.717, 1.165) is 41.3 Å². The first-order valence-electron chi connectivity index (χ1n) is 11.5. The van der Waals surface area contributed by atoms with E-state index in [9.17, 15) is 9.59 Å². The van der Waals surface area contributed by atoms with Crippen LogP contribution in [0.3, 0.4) is 0 Å². The lowest BCUT2D eigenvalue weighted by Gasteiger charge is -2.30. The van der Waals surface area contributed by atoms with Crippen molar-refractivity contribution in [2.45, 2.75) is 73.1 Å². The largest absolute Gasteiger partial charge is 0.372 e. The number of nitrogens with zero attached hydrogens (tertiary/aromatic N) is 3. The molecule has 32 heavy (non-hydrogen) atoms. The highest BCUT2D eigenvalue weighted by molar-refractivity contribution is 5.92. The molecule has 8 nitrogen and oxygen atoms in total. The van der Waals surface area contributed by atoms with Gasteiger partial charge in [-0.15, -0.1) is 0 Å². The number of carbonyl (C=O) groups is 2. The van der Waals surface area contributed by atoms with Crippen LogP contribution in [0.15, 0.2) is 18.2 Å². The zero-order valence-corrected chi connectivity index (χ0v) is 20.1. The zero-order chi connectivity index (χ0) is 23.4. The topological polar surface area (TPSA) is 91.3 Å². The molecular weight excluding hydrogens is 404 g/mol. The van der Waals surface area contributed by atoms with Crippen molar-refractivity contribution in [2.24, 2.45) is 0 Å². The monoisotopic (exact) mass is 440 g/mol. The third kappa shape index (κ3) is 5.30. The first-order chi connectivity index (χ1) is 15.2. The molecule has 1 fully saturated rings. The van der Waals surface area contributed by atoms with Gasteiger partial charge in [0.1, 0.15) is 0 Å². The van der Waals surface area contributed by atoms with Crippen LogP contribution in [0.1, 0.15) is 62.4 Å². The molecule has 1 aromatic carbocycles. The second kappa shape index (κ2) is 10.2. The molecule has 1 aromatic heterocycles. The number of aromatic nitrogens is 2. The molecule has 2 heterocycles. The van der Waals surface area contributed by atoms with Crippen molar-refractivity contribution in [1.82, 2.24) is 20.4 Å². The summed E-state index contributed by atoms with van der Waals surface area (Å²) in [6, 6.07) is 6.24. The molecular formula is C24H36N6O2. The number of anilines is 2. The Balaban J connectivity index is 1.64. The van der Waals surface area contributed by atoms with Crippen molar-refractivity contribution in [1.29, 1.82) is 0 Å². The zero-order valence-electron chi connectivity index (χ0n) is 20.1. The molecule has 0 saturated carbocycles. The summed E-state index contributed by atoms with van der Waals surface area (Å²) in [5, 5.41) is 14.0. The summed E-state index contributed by atoms with van der Waals surface area (Å²) in [6.45, 7) is 14.1. The van der Waals surface area contributed by atoms with E-state index in [-0.39, 0.29) is 24.1 Å². The maximum Gasteiger partial charge on any atom is 0.224 e. The van der Waals surface area contributed by atoms with Gasteiger partial charge >= 0.3 is 0 Å². The quantitative estimate of drug-likeness (QED) is 0.586. The number of amides is 2. The Morgan fingerprint density at radius 1 is 1.25 bits per heavy atom. The van der Waals surface area contributed by atoms with E-state index in [0.29, 0.717) is 19.3 Å². The van der Waals surface area contributed by atoms with Crippen LogP contribution in [0.4, 0.5) is 11.4 Å². The number of hydrogen-bond acceptors (Lipinski definition) is 5. The minimum Gasteiger partial charge on any atom is -0.372 e. The van der Waals surface area contributed by atoms with Crippen molar-refractivity contribution in [3.63, 3.8) is 0 Å². The lowest BCUT2D eigenvalue weighted by Crippen LogP contribution is -2.52. The van der Waals surface area contributed by atoms with Crippen LogP contribution in [-0.2, 0) is 16.0 Å². The van der Waals surface area contributed by atoms with Gasteiger partial charge in [-0.1, -0.05) is 0 Å². The smallest absolute Gasteiger partial charge is 0.224 e. The van der Waals surface area contributed by atoms with Crippen LogP contribution >= 0.6 is 0 Å². The summed E-state index contributed by atoms with van der Waals surface area (Å²) in [5.41, 5.74) is 5.95. The van der Waals surface area contributed by atoms with Gasteiger partial charge in [-0.3, -0.25) is 14.9 Å². The number of rotatable bonds is 8. The predicted octanol–water partition coefficient (Wildman–Crippen LogP) is 3.18. The lowest BCUT2D eigenvalue weighted by molar-refractivity contribution is -0.125. The Bertz CT molecular complexity index is 979. The molecule has 1 aliphatic heterocycles. The van der Waals surface area contributed by atoms with E-state index in [1.165, 1.54) is 5.69 Å². The molecule has 1 saturated heterocycles. The standard InChI is InChI=1S/C24H36N6O2/c1-7-29(8-2)19-9-11-21(15(3)13-19)26-22(31)12-10-20-17(5)28-30(18(20)6)24-25-16(4)14-23(32)27-24/h9,11,13,16,24-25H,7-8,10,12,14H2,1-6H3,(H,26,31)(H,27,32). The summed E-state index contributed by atoms with van der Waals surface area (Å²) in [5.74, 6) is -0.00920. The van der Waals surface area contributed by atoms with E-state index in [2.05, 4.69) is 51.9 Å². The fraction of sp³-hybridized carbons (Fsp3) is 0.542. The third-order valence-electron chi connectivity index (χ3n) is 6.17. The summed E-state index contributed by atoms with van der Waals surface area (Å²) in [4.78, 5) is 26.9. The summed E-state index contributed by atoms with van der Waals surface area (Å²) >= 11 is 0.